The average molecular weight is 325 g/mol. The highest BCUT2D eigenvalue weighted by atomic mass is 79.9. The molecule has 0 amide bonds. The quantitative estimate of drug-likeness (QED) is 0.643. The van der Waals surface area contributed by atoms with Crippen LogP contribution in [0.15, 0.2) is 16.6 Å². The third-order valence-corrected chi connectivity index (χ3v) is 4.48. The Morgan fingerprint density at radius 3 is 2.47 bits per heavy atom. The van der Waals surface area contributed by atoms with E-state index in [-0.39, 0.29) is 0 Å². The van der Waals surface area contributed by atoms with Crippen molar-refractivity contribution in [1.29, 1.82) is 0 Å². The van der Waals surface area contributed by atoms with Crippen LogP contribution >= 0.6 is 50.7 Å². The topological polar surface area (TPSA) is 12.9 Å². The minimum absolute atomic E-state index is 0.437. The Morgan fingerprint density at radius 2 is 1.80 bits per heavy atom. The van der Waals surface area contributed by atoms with Crippen molar-refractivity contribution >= 4 is 61.6 Å². The second-order valence-electron chi connectivity index (χ2n) is 3.08. The maximum Gasteiger partial charge on any atom is 0.0922 e. The fourth-order valence-corrected chi connectivity index (χ4v) is 2.27. The number of benzene rings is 1. The summed E-state index contributed by atoms with van der Waals surface area (Å²) in [6.45, 7) is 1.85. The Morgan fingerprint density at radius 1 is 1.13 bits per heavy atom. The Bertz CT molecular complexity index is 554. The molecule has 0 unspecified atom stereocenters. The molecule has 0 N–H and O–H groups in total. The van der Waals surface area contributed by atoms with Crippen molar-refractivity contribution in [2.75, 3.05) is 0 Å². The molecule has 0 aliphatic rings. The van der Waals surface area contributed by atoms with Gasteiger partial charge in [0.15, 0.2) is 0 Å². The lowest BCUT2D eigenvalue weighted by Gasteiger charge is -2.07. The molecule has 1 heterocycles. The molecular weight excluding hydrogens is 320 g/mol. The molecule has 0 saturated heterocycles. The molecule has 0 bridgehead atoms. The predicted molar refractivity (Wildman–Crippen MR) is 69.2 cm³/mol. The van der Waals surface area contributed by atoms with E-state index in [1.54, 1.807) is 6.07 Å². The Hall–Kier alpha value is -0.0200. The normalized spacial score (nSPS) is 11.0. The molecule has 78 valence electrons. The van der Waals surface area contributed by atoms with Gasteiger partial charge in [-0.25, -0.2) is 0 Å². The van der Waals surface area contributed by atoms with E-state index in [9.17, 15) is 0 Å². The van der Waals surface area contributed by atoms with E-state index >= 15 is 0 Å². The van der Waals surface area contributed by atoms with Crippen LogP contribution in [0.1, 0.15) is 5.69 Å². The van der Waals surface area contributed by atoms with Crippen molar-refractivity contribution in [1.82, 2.24) is 4.98 Å². The first kappa shape index (κ1) is 11.5. The number of nitrogens with zero attached hydrogens (tertiary/aromatic N) is 1. The van der Waals surface area contributed by atoms with Crippen LogP contribution in [-0.2, 0) is 0 Å². The van der Waals surface area contributed by atoms with E-state index in [0.29, 0.717) is 20.6 Å². The molecule has 2 rings (SSSR count). The molecule has 15 heavy (non-hydrogen) atoms. The summed E-state index contributed by atoms with van der Waals surface area (Å²) >= 11 is 21.5. The van der Waals surface area contributed by atoms with Crippen LogP contribution in [0.2, 0.25) is 15.1 Å². The summed E-state index contributed by atoms with van der Waals surface area (Å²) in [6.07, 6.45) is 0. The lowest BCUT2D eigenvalue weighted by atomic mass is 10.2. The molecule has 1 aromatic heterocycles. The van der Waals surface area contributed by atoms with Crippen molar-refractivity contribution < 1.29 is 0 Å². The number of pyridine rings is 1. The summed E-state index contributed by atoms with van der Waals surface area (Å²) in [4.78, 5) is 4.35. The molecule has 2 aromatic rings. The third-order valence-electron chi connectivity index (χ3n) is 2.10. The van der Waals surface area contributed by atoms with Gasteiger partial charge in [-0.2, -0.15) is 0 Å². The average Bonchev–Trinajstić information content (AvgIpc) is 2.21. The van der Waals surface area contributed by atoms with Gasteiger partial charge in [-0.1, -0.05) is 34.8 Å². The summed E-state index contributed by atoms with van der Waals surface area (Å²) in [6, 6.07) is 3.52. The highest BCUT2D eigenvalue weighted by molar-refractivity contribution is 9.10. The number of hydrogen-bond acceptors (Lipinski definition) is 1. The molecule has 0 aliphatic heterocycles. The first-order chi connectivity index (χ1) is 7.02. The largest absolute Gasteiger partial charge is 0.250 e. The van der Waals surface area contributed by atoms with Gasteiger partial charge < -0.3 is 0 Å². The number of halogens is 4. The van der Waals surface area contributed by atoms with Gasteiger partial charge in [-0.05, 0) is 35.0 Å². The summed E-state index contributed by atoms with van der Waals surface area (Å²) in [5, 5.41) is 2.32. The minimum Gasteiger partial charge on any atom is -0.250 e. The zero-order valence-electron chi connectivity index (χ0n) is 7.61. The van der Waals surface area contributed by atoms with Crippen LogP contribution in [0.25, 0.3) is 10.9 Å². The molecule has 1 nitrogen and oxygen atoms in total. The first-order valence-corrected chi connectivity index (χ1v) is 6.04. The number of fused-ring (bicyclic) bond motifs is 1. The van der Waals surface area contributed by atoms with Crippen molar-refractivity contribution in [3.63, 3.8) is 0 Å². The van der Waals surface area contributed by atoms with Gasteiger partial charge in [0.2, 0.25) is 0 Å². The number of aromatic nitrogens is 1. The summed E-state index contributed by atoms with van der Waals surface area (Å²) in [5.41, 5.74) is 1.42. The Balaban J connectivity index is 2.98. The van der Waals surface area contributed by atoms with Gasteiger partial charge in [0.25, 0.3) is 0 Å². The fourth-order valence-electron chi connectivity index (χ4n) is 1.32. The lowest BCUT2D eigenvalue weighted by molar-refractivity contribution is 1.23. The lowest BCUT2D eigenvalue weighted by Crippen LogP contribution is -1.89. The SMILES string of the molecule is Cc1nc2c(Cl)c(Cl)ccc2c(Cl)c1Br. The summed E-state index contributed by atoms with van der Waals surface area (Å²) < 4.78 is 0.787. The molecule has 0 spiro atoms. The summed E-state index contributed by atoms with van der Waals surface area (Å²) in [7, 11) is 0. The molecule has 0 fully saturated rings. The van der Waals surface area contributed by atoms with E-state index in [2.05, 4.69) is 20.9 Å². The Labute approximate surface area is 110 Å². The van der Waals surface area contributed by atoms with Crippen LogP contribution in [0.3, 0.4) is 0 Å². The maximum absolute atomic E-state index is 6.17. The molecule has 1 aromatic carbocycles. The van der Waals surface area contributed by atoms with Gasteiger partial charge in [-0.3, -0.25) is 4.98 Å². The predicted octanol–water partition coefficient (Wildman–Crippen LogP) is 5.27. The van der Waals surface area contributed by atoms with E-state index in [1.807, 2.05) is 13.0 Å². The fraction of sp³-hybridized carbons (Fsp3) is 0.100. The number of rotatable bonds is 0. The maximum atomic E-state index is 6.17. The number of aryl methyl sites for hydroxylation is 1. The van der Waals surface area contributed by atoms with Crippen LogP contribution < -0.4 is 0 Å². The molecule has 0 saturated carbocycles. The van der Waals surface area contributed by atoms with Crippen molar-refractivity contribution in [3.8, 4) is 0 Å². The van der Waals surface area contributed by atoms with Gasteiger partial charge in [0, 0.05) is 5.39 Å². The summed E-state index contributed by atoms with van der Waals surface area (Å²) in [5.74, 6) is 0. The van der Waals surface area contributed by atoms with E-state index in [4.69, 9.17) is 34.8 Å². The highest BCUT2D eigenvalue weighted by Crippen LogP contribution is 2.37. The highest BCUT2D eigenvalue weighted by Gasteiger charge is 2.12. The van der Waals surface area contributed by atoms with Crippen LogP contribution in [0.5, 0.6) is 0 Å². The first-order valence-electron chi connectivity index (χ1n) is 4.11. The van der Waals surface area contributed by atoms with Crippen LogP contribution in [-0.4, -0.2) is 4.98 Å². The molecule has 0 radical (unpaired) electrons. The zero-order chi connectivity index (χ0) is 11.2. The molecule has 5 heteroatoms. The second kappa shape index (κ2) is 4.10. The molecular formula is C10H5BrCl3N. The molecule has 0 atom stereocenters. The van der Waals surface area contributed by atoms with Crippen molar-refractivity contribution in [2.24, 2.45) is 0 Å². The van der Waals surface area contributed by atoms with Gasteiger partial charge in [0.1, 0.15) is 0 Å². The second-order valence-corrected chi connectivity index (χ2v) is 5.04. The minimum atomic E-state index is 0.437. The Kier molecular flexibility index (Phi) is 3.13. The van der Waals surface area contributed by atoms with Crippen molar-refractivity contribution in [3.05, 3.63) is 37.4 Å². The standard InChI is InChI=1S/C10H5BrCl3N/c1-4-7(11)8(13)5-2-3-6(12)9(14)10(5)15-4/h2-3H,1H3. The number of hydrogen-bond donors (Lipinski definition) is 0. The van der Waals surface area contributed by atoms with Crippen molar-refractivity contribution in [2.45, 2.75) is 6.92 Å². The van der Waals surface area contributed by atoms with E-state index in [1.165, 1.54) is 0 Å². The van der Waals surface area contributed by atoms with Crippen LogP contribution in [0, 0.1) is 6.92 Å². The third kappa shape index (κ3) is 1.84. The van der Waals surface area contributed by atoms with E-state index < -0.39 is 0 Å². The van der Waals surface area contributed by atoms with Crippen LogP contribution in [0.4, 0.5) is 0 Å². The zero-order valence-corrected chi connectivity index (χ0v) is 11.5. The van der Waals surface area contributed by atoms with Gasteiger partial charge in [-0.15, -0.1) is 0 Å². The smallest absolute Gasteiger partial charge is 0.0922 e. The molecule has 0 aliphatic carbocycles. The van der Waals surface area contributed by atoms with Gasteiger partial charge >= 0.3 is 0 Å². The van der Waals surface area contributed by atoms with Gasteiger partial charge in [0.05, 0.1) is 30.8 Å². The van der Waals surface area contributed by atoms with E-state index in [0.717, 1.165) is 15.6 Å². The monoisotopic (exact) mass is 323 g/mol.